The first-order chi connectivity index (χ1) is 28.8. The van der Waals surface area contributed by atoms with Gasteiger partial charge in [0.2, 0.25) is 23.6 Å². The molecule has 0 aromatic heterocycles. The molecule has 5 aliphatic carbocycles. The van der Waals surface area contributed by atoms with Crippen molar-refractivity contribution in [3.63, 3.8) is 0 Å². The van der Waals surface area contributed by atoms with E-state index >= 15 is 65.9 Å². The zero-order chi connectivity index (χ0) is 46.2. The highest BCUT2D eigenvalue weighted by molar-refractivity contribution is 6.21. The van der Waals surface area contributed by atoms with Crippen LogP contribution in [0.4, 0.5) is 74.6 Å². The number of hydrogen-bond acceptors (Lipinski definition) is 6. The maximum atomic E-state index is 16.0. The average molecular weight is 951 g/mol. The SMILES string of the molecule is CC1C(F)C(Cl)C(F)C(N2C(=O)C3C(F)C(F)C(OC4C(F)C(F)C(C5C(F)C(F)C(OC6C(F)C(F)C7C(=O)N(C)C(=O)C7C6F)C(F)C5F)C(F)C4F)C(F)C3C2=O)C1F. The van der Waals surface area contributed by atoms with Crippen LogP contribution in [0, 0.1) is 41.4 Å². The van der Waals surface area contributed by atoms with Gasteiger partial charge in [-0.2, -0.15) is 0 Å². The summed E-state index contributed by atoms with van der Waals surface area (Å²) in [6, 6.07) is -2.59. The Hall–Kier alpha value is -2.70. The maximum Gasteiger partial charge on any atom is 0.236 e. The van der Waals surface area contributed by atoms with Crippen molar-refractivity contribution in [1.29, 1.82) is 0 Å². The van der Waals surface area contributed by atoms with Crippen molar-refractivity contribution in [3.8, 4) is 0 Å². The zero-order valence-electron chi connectivity index (χ0n) is 31.5. The summed E-state index contributed by atoms with van der Waals surface area (Å²) in [5, 5.41) is -2.20. The lowest BCUT2D eigenvalue weighted by Crippen LogP contribution is -2.67. The Bertz CT molecular complexity index is 1720. The summed E-state index contributed by atoms with van der Waals surface area (Å²) in [6.07, 6.45) is -70.4. The summed E-state index contributed by atoms with van der Waals surface area (Å²) in [5.41, 5.74) is 0. The van der Waals surface area contributed by atoms with Crippen molar-refractivity contribution in [2.24, 2.45) is 41.4 Å². The summed E-state index contributed by atoms with van der Waals surface area (Å²) >= 11 is 5.67. The minimum atomic E-state index is -3.78. The van der Waals surface area contributed by atoms with Gasteiger partial charge in [-0.25, -0.2) is 74.6 Å². The highest BCUT2D eigenvalue weighted by atomic mass is 35.5. The second-order valence-electron chi connectivity index (χ2n) is 17.0. The number of imide groups is 2. The fourth-order valence-corrected chi connectivity index (χ4v) is 10.8. The third kappa shape index (κ3) is 6.65. The molecule has 26 heteroatoms. The molecule has 8 nitrogen and oxygen atoms in total. The van der Waals surface area contributed by atoms with Crippen molar-refractivity contribution in [2.45, 2.75) is 148 Å². The van der Waals surface area contributed by atoms with Gasteiger partial charge in [0, 0.05) is 24.8 Å². The van der Waals surface area contributed by atoms with E-state index in [4.69, 9.17) is 11.6 Å². The highest BCUT2D eigenvalue weighted by Crippen LogP contribution is 2.52. The Balaban J connectivity index is 1.07. The molecule has 62 heavy (non-hydrogen) atoms. The van der Waals surface area contributed by atoms with E-state index in [1.54, 1.807) is 0 Å². The molecule has 0 spiro atoms. The lowest BCUT2D eigenvalue weighted by Gasteiger charge is -2.49. The number of amides is 4. The molecule has 0 radical (unpaired) electrons. The van der Waals surface area contributed by atoms with Gasteiger partial charge in [0.25, 0.3) is 0 Å². The van der Waals surface area contributed by atoms with Crippen LogP contribution in [-0.2, 0) is 28.7 Å². The molecule has 26 atom stereocenters. The predicted molar refractivity (Wildman–Crippen MR) is 174 cm³/mol. The topological polar surface area (TPSA) is 93.2 Å². The summed E-state index contributed by atoms with van der Waals surface area (Å²) in [4.78, 5) is 51.0. The molecule has 2 saturated heterocycles. The van der Waals surface area contributed by atoms with E-state index in [2.05, 4.69) is 9.47 Å². The number of likely N-dealkylation sites (tertiary alicyclic amines) is 2. The Morgan fingerprint density at radius 1 is 0.387 bits per heavy atom. The van der Waals surface area contributed by atoms with Gasteiger partial charge in [0.1, 0.15) is 98.3 Å². The monoisotopic (exact) mass is 950 g/mol. The van der Waals surface area contributed by atoms with Crippen molar-refractivity contribution in [2.75, 3.05) is 7.05 Å². The maximum absolute atomic E-state index is 16.0. The summed E-state index contributed by atoms with van der Waals surface area (Å²) < 4.78 is 272. The van der Waals surface area contributed by atoms with Crippen molar-refractivity contribution < 1.29 is 103 Å². The number of hydrogen-bond donors (Lipinski definition) is 0. The Kier molecular flexibility index (Phi) is 12.7. The van der Waals surface area contributed by atoms with Gasteiger partial charge >= 0.3 is 0 Å². The minimum Gasteiger partial charge on any atom is -0.362 e. The van der Waals surface area contributed by atoms with E-state index in [1.807, 2.05) is 0 Å². The lowest BCUT2D eigenvalue weighted by molar-refractivity contribution is -0.238. The van der Waals surface area contributed by atoms with E-state index in [1.165, 1.54) is 0 Å². The van der Waals surface area contributed by atoms with Gasteiger partial charge in [-0.05, 0) is 0 Å². The molecule has 26 unspecified atom stereocenters. The van der Waals surface area contributed by atoms with Crippen LogP contribution in [0.25, 0.3) is 0 Å². The molecule has 4 amide bonds. The van der Waals surface area contributed by atoms with Crippen LogP contribution in [0.2, 0.25) is 0 Å². The lowest BCUT2D eigenvalue weighted by atomic mass is 9.66. The molecular weight excluding hydrogens is 915 g/mol. The Labute approximate surface area is 344 Å². The van der Waals surface area contributed by atoms with Crippen LogP contribution < -0.4 is 0 Å². The van der Waals surface area contributed by atoms with Gasteiger partial charge in [0.15, 0.2) is 37.0 Å². The molecule has 7 fully saturated rings. The fraction of sp³-hybridized carbons (Fsp3) is 0.889. The second-order valence-corrected chi connectivity index (χ2v) is 17.5. The standard InChI is InChI=1S/C36H36ClF17N2O6/c1-3-11(38)10(37)21(48)28(12(3)39)56-35(59)7-9(36(56)60)20(47)30(27(54)18(7)45)62-32-24(51)15(42)5(16(43)25(32)52)4-13(40)22(49)31(23(50)14(4)41)61-29-19(46)8-6(17(44)26(29)53)33(57)55(2)34(8)58/h3-32H,1-2H3. The minimum absolute atomic E-state index is 0.238. The normalized spacial score (nSPS) is 57.2. The Morgan fingerprint density at radius 3 is 1.05 bits per heavy atom. The highest BCUT2D eigenvalue weighted by Gasteiger charge is 2.71. The third-order valence-corrected chi connectivity index (χ3v) is 14.3. The summed E-state index contributed by atoms with van der Waals surface area (Å²) in [7, 11) is 0.782. The molecule has 0 N–H and O–H groups in total. The van der Waals surface area contributed by atoms with E-state index in [-0.39, 0.29) is 9.80 Å². The van der Waals surface area contributed by atoms with Crippen molar-refractivity contribution in [1.82, 2.24) is 9.80 Å². The van der Waals surface area contributed by atoms with Gasteiger partial charge in [-0.15, -0.1) is 11.6 Å². The van der Waals surface area contributed by atoms with E-state index in [0.717, 1.165) is 14.0 Å². The number of fused-ring (bicyclic) bond motifs is 2. The third-order valence-electron chi connectivity index (χ3n) is 13.9. The van der Waals surface area contributed by atoms with E-state index < -0.39 is 206 Å². The first-order valence-corrected chi connectivity index (χ1v) is 19.8. The molecular formula is C36H36ClF17N2O6. The quantitative estimate of drug-likeness (QED) is 0.212. The first-order valence-electron chi connectivity index (χ1n) is 19.4. The number of halogens is 18. The van der Waals surface area contributed by atoms with E-state index in [9.17, 15) is 28.0 Å². The predicted octanol–water partition coefficient (Wildman–Crippen LogP) is 4.99. The molecule has 7 rings (SSSR count). The van der Waals surface area contributed by atoms with Crippen molar-refractivity contribution >= 4 is 35.2 Å². The van der Waals surface area contributed by atoms with Gasteiger partial charge in [-0.3, -0.25) is 29.0 Å². The van der Waals surface area contributed by atoms with Crippen LogP contribution in [0.15, 0.2) is 0 Å². The van der Waals surface area contributed by atoms with Crippen LogP contribution >= 0.6 is 11.6 Å². The van der Waals surface area contributed by atoms with Crippen LogP contribution in [0.5, 0.6) is 0 Å². The molecule has 352 valence electrons. The van der Waals surface area contributed by atoms with Gasteiger partial charge in [0.05, 0.1) is 29.0 Å². The molecule has 0 aromatic rings. The molecule has 0 aromatic carbocycles. The number of carbonyl (C=O) groups excluding carboxylic acids is 4. The molecule has 5 saturated carbocycles. The largest absolute Gasteiger partial charge is 0.362 e. The summed E-state index contributed by atoms with van der Waals surface area (Å²) in [6.45, 7) is 0.863. The number of rotatable bonds is 6. The molecule has 2 heterocycles. The van der Waals surface area contributed by atoms with Crippen molar-refractivity contribution in [3.05, 3.63) is 0 Å². The summed E-state index contributed by atoms with van der Waals surface area (Å²) in [5.74, 6) is -25.1. The van der Waals surface area contributed by atoms with Gasteiger partial charge in [-0.1, -0.05) is 6.92 Å². The zero-order valence-corrected chi connectivity index (χ0v) is 32.2. The fourth-order valence-electron chi connectivity index (χ4n) is 10.4. The number of carbonyl (C=O) groups is 4. The first kappa shape index (κ1) is 47.3. The Morgan fingerprint density at radius 2 is 0.677 bits per heavy atom. The number of nitrogens with zero attached hydrogens (tertiary/aromatic N) is 2. The number of alkyl halides is 18. The van der Waals surface area contributed by atoms with Crippen LogP contribution in [0.1, 0.15) is 6.92 Å². The van der Waals surface area contributed by atoms with Gasteiger partial charge < -0.3 is 9.47 Å². The molecule has 2 aliphatic heterocycles. The number of ether oxygens (including phenoxy) is 2. The van der Waals surface area contributed by atoms with E-state index in [0.29, 0.717) is 0 Å². The smallest absolute Gasteiger partial charge is 0.236 e. The second kappa shape index (κ2) is 16.6. The average Bonchev–Trinajstić information content (AvgIpc) is 3.62. The van der Waals surface area contributed by atoms with Crippen LogP contribution in [0.3, 0.4) is 0 Å². The van der Waals surface area contributed by atoms with Crippen LogP contribution in [-0.4, -0.2) is 181 Å². The molecule has 0 bridgehead atoms. The molecule has 7 aliphatic rings.